The number of nitrogens with zero attached hydrogens (tertiary/aromatic N) is 2. The second kappa shape index (κ2) is 7.08. The Kier molecular flexibility index (Phi) is 6.04. The van der Waals surface area contributed by atoms with Gasteiger partial charge in [-0.25, -0.2) is 0 Å². The molecule has 3 heterocycles. The summed E-state index contributed by atoms with van der Waals surface area (Å²) in [7, 11) is 0. The number of hydrogen-bond acceptors (Lipinski definition) is 3. The molecule has 0 radical (unpaired) electrons. The fraction of sp³-hybridized carbons (Fsp3) is 0.538. The highest BCUT2D eigenvalue weighted by atomic mass is 35.5. The zero-order valence-electron chi connectivity index (χ0n) is 10.6. The van der Waals surface area contributed by atoms with Crippen LogP contribution in [0.5, 0.6) is 0 Å². The number of fused-ring (bicyclic) bond motifs is 2. The van der Waals surface area contributed by atoms with Crippen LogP contribution in [0.15, 0.2) is 24.5 Å². The first kappa shape index (κ1) is 16.2. The van der Waals surface area contributed by atoms with Gasteiger partial charge < -0.3 is 10.2 Å². The van der Waals surface area contributed by atoms with Crippen molar-refractivity contribution in [3.8, 4) is 0 Å². The molecule has 2 aliphatic rings. The number of aromatic nitrogens is 1. The van der Waals surface area contributed by atoms with Crippen molar-refractivity contribution in [1.29, 1.82) is 0 Å². The smallest absolute Gasteiger partial charge is 0.255 e. The van der Waals surface area contributed by atoms with E-state index in [0.717, 1.165) is 19.5 Å². The van der Waals surface area contributed by atoms with E-state index in [-0.39, 0.29) is 30.7 Å². The number of rotatable bonds is 1. The Bertz CT molecular complexity index is 416. The Morgan fingerprint density at radius 2 is 2.05 bits per heavy atom. The number of nitrogens with one attached hydrogen (secondary N) is 1. The number of likely N-dealkylation sites (tertiary alicyclic amines) is 1. The molecule has 0 saturated carbocycles. The number of carbonyl (C=O) groups is 1. The van der Waals surface area contributed by atoms with Crippen molar-refractivity contribution in [1.82, 2.24) is 15.2 Å². The van der Waals surface area contributed by atoms with Gasteiger partial charge in [0.05, 0.1) is 5.56 Å². The second-order valence-electron chi connectivity index (χ2n) is 4.92. The molecule has 0 aliphatic carbocycles. The predicted molar refractivity (Wildman–Crippen MR) is 79.2 cm³/mol. The Labute approximate surface area is 125 Å². The fourth-order valence-corrected chi connectivity index (χ4v) is 2.80. The SMILES string of the molecule is Cl.Cl.O=C(c1cccnc1)N1CCC2CCC(C1)N2. The van der Waals surface area contributed by atoms with Crippen LogP contribution in [-0.2, 0) is 0 Å². The Morgan fingerprint density at radius 3 is 2.79 bits per heavy atom. The summed E-state index contributed by atoms with van der Waals surface area (Å²) >= 11 is 0. The first-order chi connectivity index (χ1) is 8.33. The van der Waals surface area contributed by atoms with Gasteiger partial charge in [0.15, 0.2) is 0 Å². The van der Waals surface area contributed by atoms with Gasteiger partial charge in [-0.1, -0.05) is 0 Å². The average molecular weight is 304 g/mol. The standard InChI is InChI=1S/C13H17N3O.2ClH/c17-13(10-2-1-6-14-8-10)16-7-5-11-3-4-12(9-16)15-11;;/h1-2,6,8,11-12,15H,3-5,7,9H2;2*1H. The first-order valence-corrected chi connectivity index (χ1v) is 6.28. The Morgan fingerprint density at radius 1 is 1.26 bits per heavy atom. The van der Waals surface area contributed by atoms with E-state index in [1.165, 1.54) is 12.8 Å². The maximum atomic E-state index is 12.3. The number of hydrogen-bond donors (Lipinski definition) is 1. The summed E-state index contributed by atoms with van der Waals surface area (Å²) in [5, 5.41) is 3.58. The second-order valence-corrected chi connectivity index (χ2v) is 4.92. The van der Waals surface area contributed by atoms with Crippen LogP contribution in [0.1, 0.15) is 29.6 Å². The molecule has 2 aliphatic heterocycles. The molecule has 4 nitrogen and oxygen atoms in total. The maximum absolute atomic E-state index is 12.3. The molecule has 0 aromatic carbocycles. The predicted octanol–water partition coefficient (Wildman–Crippen LogP) is 1.89. The number of carbonyl (C=O) groups excluding carboxylic acids is 1. The van der Waals surface area contributed by atoms with Crippen LogP contribution in [0.4, 0.5) is 0 Å². The number of amides is 1. The Hall–Kier alpha value is -0.840. The lowest BCUT2D eigenvalue weighted by Gasteiger charge is -2.24. The van der Waals surface area contributed by atoms with Gasteiger partial charge in [-0.05, 0) is 31.4 Å². The molecule has 2 saturated heterocycles. The lowest BCUT2D eigenvalue weighted by molar-refractivity contribution is 0.0747. The van der Waals surface area contributed by atoms with Gasteiger partial charge in [0.2, 0.25) is 0 Å². The summed E-state index contributed by atoms with van der Waals surface area (Å²) in [6, 6.07) is 4.76. The molecule has 6 heteroatoms. The largest absolute Gasteiger partial charge is 0.337 e. The number of halogens is 2. The van der Waals surface area contributed by atoms with Crippen LogP contribution in [-0.4, -0.2) is 41.0 Å². The monoisotopic (exact) mass is 303 g/mol. The van der Waals surface area contributed by atoms with Crippen molar-refractivity contribution in [3.63, 3.8) is 0 Å². The molecule has 2 bridgehead atoms. The summed E-state index contributed by atoms with van der Waals surface area (Å²) < 4.78 is 0. The number of pyridine rings is 1. The molecule has 2 atom stereocenters. The van der Waals surface area contributed by atoms with Crippen LogP contribution in [0, 0.1) is 0 Å². The van der Waals surface area contributed by atoms with E-state index in [0.29, 0.717) is 17.6 Å². The van der Waals surface area contributed by atoms with Gasteiger partial charge in [-0.3, -0.25) is 9.78 Å². The van der Waals surface area contributed by atoms with Gasteiger partial charge in [0.25, 0.3) is 5.91 Å². The zero-order chi connectivity index (χ0) is 11.7. The highest BCUT2D eigenvalue weighted by Crippen LogP contribution is 2.21. The van der Waals surface area contributed by atoms with Crippen molar-refractivity contribution >= 4 is 30.7 Å². The molecule has 0 spiro atoms. The van der Waals surface area contributed by atoms with Crippen molar-refractivity contribution in [3.05, 3.63) is 30.1 Å². The minimum atomic E-state index is 0. The van der Waals surface area contributed by atoms with Crippen LogP contribution in [0.3, 0.4) is 0 Å². The van der Waals surface area contributed by atoms with Crippen LogP contribution < -0.4 is 5.32 Å². The maximum Gasteiger partial charge on any atom is 0.255 e. The molecule has 1 aromatic heterocycles. The zero-order valence-corrected chi connectivity index (χ0v) is 12.3. The van der Waals surface area contributed by atoms with Gasteiger partial charge in [0, 0.05) is 37.6 Å². The van der Waals surface area contributed by atoms with E-state index in [2.05, 4.69) is 10.3 Å². The van der Waals surface area contributed by atoms with E-state index in [1.54, 1.807) is 12.4 Å². The molecule has 2 fully saturated rings. The van der Waals surface area contributed by atoms with E-state index in [4.69, 9.17) is 0 Å². The molecular weight excluding hydrogens is 285 g/mol. The summed E-state index contributed by atoms with van der Waals surface area (Å²) in [5.74, 6) is 0.118. The first-order valence-electron chi connectivity index (χ1n) is 6.28. The molecule has 2 unspecified atom stereocenters. The van der Waals surface area contributed by atoms with Gasteiger partial charge in [-0.2, -0.15) is 0 Å². The minimum Gasteiger partial charge on any atom is -0.337 e. The van der Waals surface area contributed by atoms with Crippen LogP contribution in [0.2, 0.25) is 0 Å². The summed E-state index contributed by atoms with van der Waals surface area (Å²) in [6.07, 6.45) is 6.88. The third-order valence-electron chi connectivity index (χ3n) is 3.72. The van der Waals surface area contributed by atoms with Crippen molar-refractivity contribution in [2.75, 3.05) is 13.1 Å². The summed E-state index contributed by atoms with van der Waals surface area (Å²) in [5.41, 5.74) is 0.699. The average Bonchev–Trinajstić information content (AvgIpc) is 2.69. The third kappa shape index (κ3) is 3.59. The van der Waals surface area contributed by atoms with Crippen molar-refractivity contribution in [2.45, 2.75) is 31.3 Å². The molecule has 1 amide bonds. The minimum absolute atomic E-state index is 0. The molecule has 19 heavy (non-hydrogen) atoms. The van der Waals surface area contributed by atoms with Crippen LogP contribution in [0.25, 0.3) is 0 Å². The highest BCUT2D eigenvalue weighted by molar-refractivity contribution is 5.93. The highest BCUT2D eigenvalue weighted by Gasteiger charge is 2.31. The topological polar surface area (TPSA) is 45.2 Å². The van der Waals surface area contributed by atoms with Crippen molar-refractivity contribution < 1.29 is 4.79 Å². The lowest BCUT2D eigenvalue weighted by atomic mass is 10.1. The normalized spacial score (nSPS) is 24.9. The van der Waals surface area contributed by atoms with Gasteiger partial charge in [0.1, 0.15) is 0 Å². The van der Waals surface area contributed by atoms with E-state index < -0.39 is 0 Å². The van der Waals surface area contributed by atoms with E-state index >= 15 is 0 Å². The third-order valence-corrected chi connectivity index (χ3v) is 3.72. The molecule has 1 N–H and O–H groups in total. The quantitative estimate of drug-likeness (QED) is 0.862. The van der Waals surface area contributed by atoms with Crippen molar-refractivity contribution in [2.24, 2.45) is 0 Å². The molecule has 3 rings (SSSR count). The van der Waals surface area contributed by atoms with Gasteiger partial charge in [-0.15, -0.1) is 24.8 Å². The summed E-state index contributed by atoms with van der Waals surface area (Å²) in [4.78, 5) is 18.3. The lowest BCUT2D eigenvalue weighted by Crippen LogP contribution is -2.39. The molecule has 106 valence electrons. The van der Waals surface area contributed by atoms with E-state index in [9.17, 15) is 4.79 Å². The summed E-state index contributed by atoms with van der Waals surface area (Å²) in [6.45, 7) is 1.70. The van der Waals surface area contributed by atoms with Gasteiger partial charge >= 0.3 is 0 Å². The molecular formula is C13H19Cl2N3O. The Balaban J connectivity index is 0.000000902. The van der Waals surface area contributed by atoms with E-state index in [1.807, 2.05) is 17.0 Å². The molecule has 1 aromatic rings. The fourth-order valence-electron chi connectivity index (χ4n) is 2.80. The van der Waals surface area contributed by atoms with Crippen LogP contribution >= 0.6 is 24.8 Å².